The summed E-state index contributed by atoms with van der Waals surface area (Å²) in [5.74, 6) is 0.0107. The summed E-state index contributed by atoms with van der Waals surface area (Å²) in [4.78, 5) is 18.4. The van der Waals surface area contributed by atoms with Crippen molar-refractivity contribution in [3.63, 3.8) is 0 Å². The molecular formula is C27H22FN5OS. The number of carbonyl (C=O) groups excluding carboxylic acids is 1. The molecule has 5 aromatic rings. The number of amides is 1. The summed E-state index contributed by atoms with van der Waals surface area (Å²) in [6.07, 6.45) is 8.63. The molecule has 0 spiro atoms. The van der Waals surface area contributed by atoms with Crippen molar-refractivity contribution >= 4 is 23.3 Å². The fourth-order valence-corrected chi connectivity index (χ4v) is 4.52. The molecule has 174 valence electrons. The molecule has 3 aromatic heterocycles. The molecule has 0 fully saturated rings. The van der Waals surface area contributed by atoms with Crippen LogP contribution in [0.3, 0.4) is 0 Å². The van der Waals surface area contributed by atoms with E-state index in [2.05, 4.69) is 10.3 Å². The van der Waals surface area contributed by atoms with E-state index in [-0.39, 0.29) is 11.7 Å². The average Bonchev–Trinajstić information content (AvgIpc) is 3.63. The zero-order valence-electron chi connectivity index (χ0n) is 18.9. The molecule has 1 unspecified atom stereocenters. The molecule has 5 rings (SSSR count). The fraction of sp³-hybridized carbons (Fsp3) is 0.0741. The number of aryl methyl sites for hydroxylation is 1. The summed E-state index contributed by atoms with van der Waals surface area (Å²) in [7, 11) is 1.85. The summed E-state index contributed by atoms with van der Waals surface area (Å²) in [6.45, 7) is 0. The van der Waals surface area contributed by atoms with Crippen LogP contribution in [0.5, 0.6) is 0 Å². The van der Waals surface area contributed by atoms with E-state index in [0.717, 1.165) is 27.4 Å². The monoisotopic (exact) mass is 483 g/mol. The molecule has 6 nitrogen and oxygen atoms in total. The number of aromatic nitrogens is 4. The van der Waals surface area contributed by atoms with E-state index in [1.165, 1.54) is 18.2 Å². The second kappa shape index (κ2) is 9.90. The van der Waals surface area contributed by atoms with Crippen LogP contribution in [-0.2, 0) is 11.8 Å². The Hall–Kier alpha value is -4.30. The molecule has 0 aliphatic heterocycles. The van der Waals surface area contributed by atoms with Crippen LogP contribution in [0, 0.1) is 5.82 Å². The standard InChI is InChI=1S/C27H22FN5OS/c1-32-16-15-29-27(32)26(19-9-12-21(28)13-10-19)30-24(34)14-11-20-18-33(22-6-3-2-4-7-22)31-25(20)23-8-5-17-35-23/h2-18,26H,1H3,(H,30,34)/b14-11+. The highest BCUT2D eigenvalue weighted by Crippen LogP contribution is 2.29. The SMILES string of the molecule is Cn1ccnc1C(NC(=O)/C=C/c1cn(-c2ccccc2)nc1-c1cccs1)c1ccc(F)cc1. The van der Waals surface area contributed by atoms with E-state index in [0.29, 0.717) is 5.82 Å². The van der Waals surface area contributed by atoms with Crippen molar-refractivity contribution in [3.05, 3.63) is 120 Å². The number of rotatable bonds is 7. The first-order valence-electron chi connectivity index (χ1n) is 11.0. The van der Waals surface area contributed by atoms with E-state index >= 15 is 0 Å². The zero-order chi connectivity index (χ0) is 24.2. The lowest BCUT2D eigenvalue weighted by Crippen LogP contribution is -2.29. The molecule has 0 saturated heterocycles. The maximum atomic E-state index is 13.5. The minimum Gasteiger partial charge on any atom is -0.339 e. The van der Waals surface area contributed by atoms with E-state index in [1.807, 2.05) is 70.3 Å². The Morgan fingerprint density at radius 2 is 1.89 bits per heavy atom. The van der Waals surface area contributed by atoms with Crippen LogP contribution in [-0.4, -0.2) is 25.2 Å². The number of hydrogen-bond acceptors (Lipinski definition) is 4. The highest BCUT2D eigenvalue weighted by atomic mass is 32.1. The predicted octanol–water partition coefficient (Wildman–Crippen LogP) is 5.39. The van der Waals surface area contributed by atoms with Gasteiger partial charge in [0.25, 0.3) is 0 Å². The van der Waals surface area contributed by atoms with Crippen LogP contribution in [0.15, 0.2) is 96.8 Å². The molecule has 35 heavy (non-hydrogen) atoms. The molecule has 1 atom stereocenters. The molecule has 0 radical (unpaired) electrons. The van der Waals surface area contributed by atoms with Gasteiger partial charge in [0.2, 0.25) is 5.91 Å². The second-order valence-corrected chi connectivity index (χ2v) is 8.86. The van der Waals surface area contributed by atoms with Crippen molar-refractivity contribution in [2.24, 2.45) is 7.05 Å². The summed E-state index contributed by atoms with van der Waals surface area (Å²) in [6, 6.07) is 19.3. The molecule has 0 bridgehead atoms. The van der Waals surface area contributed by atoms with Crippen molar-refractivity contribution < 1.29 is 9.18 Å². The van der Waals surface area contributed by atoms with Gasteiger partial charge in [0.15, 0.2) is 0 Å². The van der Waals surface area contributed by atoms with Gasteiger partial charge in [0.05, 0.1) is 10.6 Å². The topological polar surface area (TPSA) is 64.7 Å². The molecule has 2 aromatic carbocycles. The van der Waals surface area contributed by atoms with E-state index in [9.17, 15) is 9.18 Å². The van der Waals surface area contributed by atoms with Crippen LogP contribution >= 0.6 is 11.3 Å². The molecule has 0 aliphatic carbocycles. The van der Waals surface area contributed by atoms with Gasteiger partial charge in [-0.2, -0.15) is 5.10 Å². The summed E-state index contributed by atoms with van der Waals surface area (Å²) in [5, 5.41) is 9.77. The van der Waals surface area contributed by atoms with Gasteiger partial charge in [-0.15, -0.1) is 11.3 Å². The predicted molar refractivity (Wildman–Crippen MR) is 136 cm³/mol. The minimum absolute atomic E-state index is 0.299. The lowest BCUT2D eigenvalue weighted by Gasteiger charge is -2.18. The second-order valence-electron chi connectivity index (χ2n) is 7.91. The average molecular weight is 484 g/mol. The number of carbonyl (C=O) groups is 1. The third-order valence-corrected chi connectivity index (χ3v) is 6.42. The normalized spacial score (nSPS) is 12.2. The van der Waals surface area contributed by atoms with Gasteiger partial charge in [-0.1, -0.05) is 36.4 Å². The number of thiophene rings is 1. The quantitative estimate of drug-likeness (QED) is 0.316. The molecular weight excluding hydrogens is 461 g/mol. The molecule has 0 aliphatic rings. The van der Waals surface area contributed by atoms with E-state index < -0.39 is 6.04 Å². The summed E-state index contributed by atoms with van der Waals surface area (Å²) >= 11 is 1.59. The number of nitrogens with zero attached hydrogens (tertiary/aromatic N) is 4. The number of hydrogen-bond donors (Lipinski definition) is 1. The third kappa shape index (κ3) is 4.97. The Balaban J connectivity index is 1.44. The first kappa shape index (κ1) is 22.5. The molecule has 0 saturated carbocycles. The number of benzene rings is 2. The number of imidazole rings is 1. The number of halogens is 1. The van der Waals surface area contributed by atoms with E-state index in [4.69, 9.17) is 5.10 Å². The lowest BCUT2D eigenvalue weighted by atomic mass is 10.1. The van der Waals surface area contributed by atoms with Crippen molar-refractivity contribution in [1.29, 1.82) is 0 Å². The molecule has 1 amide bonds. The van der Waals surface area contributed by atoms with Crippen LogP contribution in [0.4, 0.5) is 4.39 Å². The third-order valence-electron chi connectivity index (χ3n) is 5.54. The van der Waals surface area contributed by atoms with Crippen molar-refractivity contribution in [2.75, 3.05) is 0 Å². The Bertz CT molecular complexity index is 1450. The smallest absolute Gasteiger partial charge is 0.244 e. The molecule has 8 heteroatoms. The van der Waals surface area contributed by atoms with Crippen LogP contribution in [0.1, 0.15) is 23.0 Å². The highest BCUT2D eigenvalue weighted by Gasteiger charge is 2.20. The van der Waals surface area contributed by atoms with Gasteiger partial charge in [-0.3, -0.25) is 4.79 Å². The number of nitrogens with one attached hydrogen (secondary N) is 1. The van der Waals surface area contributed by atoms with Crippen molar-refractivity contribution in [1.82, 2.24) is 24.6 Å². The molecule has 3 heterocycles. The summed E-state index contributed by atoms with van der Waals surface area (Å²) in [5.41, 5.74) is 3.29. The fourth-order valence-electron chi connectivity index (χ4n) is 3.79. The number of para-hydroxylation sites is 1. The van der Waals surface area contributed by atoms with E-state index in [1.54, 1.807) is 41.9 Å². The van der Waals surface area contributed by atoms with Gasteiger partial charge < -0.3 is 9.88 Å². The van der Waals surface area contributed by atoms with Gasteiger partial charge in [-0.25, -0.2) is 14.1 Å². The first-order valence-corrected chi connectivity index (χ1v) is 11.9. The molecule has 1 N–H and O–H groups in total. The Labute approximate surface area is 206 Å². The largest absolute Gasteiger partial charge is 0.339 e. The van der Waals surface area contributed by atoms with Crippen LogP contribution in [0.2, 0.25) is 0 Å². The Morgan fingerprint density at radius 3 is 2.57 bits per heavy atom. The minimum atomic E-state index is -0.531. The van der Waals surface area contributed by atoms with Gasteiger partial charge in [0.1, 0.15) is 23.4 Å². The van der Waals surface area contributed by atoms with Gasteiger partial charge in [-0.05, 0) is 47.4 Å². The Kier molecular flexibility index (Phi) is 6.36. The Morgan fingerprint density at radius 1 is 1.09 bits per heavy atom. The summed E-state index contributed by atoms with van der Waals surface area (Å²) < 4.78 is 17.1. The van der Waals surface area contributed by atoms with Crippen molar-refractivity contribution in [2.45, 2.75) is 6.04 Å². The van der Waals surface area contributed by atoms with Gasteiger partial charge in [0, 0.05) is 37.3 Å². The van der Waals surface area contributed by atoms with Gasteiger partial charge >= 0.3 is 0 Å². The van der Waals surface area contributed by atoms with Crippen LogP contribution < -0.4 is 5.32 Å². The highest BCUT2D eigenvalue weighted by molar-refractivity contribution is 7.13. The maximum absolute atomic E-state index is 13.5. The van der Waals surface area contributed by atoms with Crippen LogP contribution in [0.25, 0.3) is 22.3 Å². The maximum Gasteiger partial charge on any atom is 0.244 e. The zero-order valence-corrected chi connectivity index (χ0v) is 19.7. The first-order chi connectivity index (χ1) is 17.1. The van der Waals surface area contributed by atoms with Crippen molar-refractivity contribution in [3.8, 4) is 16.3 Å². The lowest BCUT2D eigenvalue weighted by molar-refractivity contribution is -0.117.